The molecule has 0 spiro atoms. The smallest absolute Gasteiger partial charge is 0.225 e. The van der Waals surface area contributed by atoms with E-state index in [4.69, 9.17) is 0 Å². The minimum atomic E-state index is -3.13. The lowest BCUT2D eigenvalue weighted by molar-refractivity contribution is -0.137. The van der Waals surface area contributed by atoms with Crippen molar-refractivity contribution in [2.75, 3.05) is 39.0 Å². The molecule has 2 aliphatic heterocycles. The van der Waals surface area contributed by atoms with Gasteiger partial charge in [0.25, 0.3) is 0 Å². The van der Waals surface area contributed by atoms with E-state index in [1.54, 1.807) is 4.31 Å². The Balaban J connectivity index is 0.00000264. The molecule has 0 bridgehead atoms. The van der Waals surface area contributed by atoms with Gasteiger partial charge in [-0.3, -0.25) is 4.79 Å². The molecule has 0 aromatic heterocycles. The number of sulfonamides is 1. The molecular formula is C15H30ClN3O3S. The fraction of sp³-hybridized carbons (Fsp3) is 0.933. The number of rotatable bonds is 6. The maximum atomic E-state index is 12.5. The Labute approximate surface area is 146 Å². The monoisotopic (exact) mass is 367 g/mol. The van der Waals surface area contributed by atoms with Crippen molar-refractivity contribution in [3.8, 4) is 0 Å². The van der Waals surface area contributed by atoms with Crippen LogP contribution in [0.25, 0.3) is 0 Å². The van der Waals surface area contributed by atoms with Crippen LogP contribution in [0.1, 0.15) is 39.0 Å². The van der Waals surface area contributed by atoms with E-state index in [2.05, 4.69) is 5.32 Å². The van der Waals surface area contributed by atoms with Gasteiger partial charge in [0.2, 0.25) is 15.9 Å². The van der Waals surface area contributed by atoms with Crippen LogP contribution in [0.5, 0.6) is 0 Å². The Bertz CT molecular complexity index is 472. The molecule has 1 unspecified atom stereocenters. The van der Waals surface area contributed by atoms with Gasteiger partial charge in [-0.15, -0.1) is 12.4 Å². The molecule has 136 valence electrons. The summed E-state index contributed by atoms with van der Waals surface area (Å²) in [6.07, 6.45) is 3.89. The highest BCUT2D eigenvalue weighted by Gasteiger charge is 2.34. The summed E-state index contributed by atoms with van der Waals surface area (Å²) in [4.78, 5) is 14.4. The normalized spacial score (nSPS) is 23.5. The van der Waals surface area contributed by atoms with Crippen LogP contribution in [-0.4, -0.2) is 68.6 Å². The molecule has 1 amide bonds. The maximum Gasteiger partial charge on any atom is 0.225 e. The Morgan fingerprint density at radius 1 is 1.26 bits per heavy atom. The van der Waals surface area contributed by atoms with Gasteiger partial charge < -0.3 is 10.2 Å². The second-order valence-corrected chi connectivity index (χ2v) is 8.53. The van der Waals surface area contributed by atoms with Crippen LogP contribution in [0.2, 0.25) is 0 Å². The van der Waals surface area contributed by atoms with Crippen molar-refractivity contribution in [3.05, 3.63) is 0 Å². The topological polar surface area (TPSA) is 69.7 Å². The highest BCUT2D eigenvalue weighted by molar-refractivity contribution is 7.89. The molecular weight excluding hydrogens is 338 g/mol. The van der Waals surface area contributed by atoms with Crippen molar-refractivity contribution >= 4 is 28.3 Å². The molecule has 23 heavy (non-hydrogen) atoms. The first-order valence-corrected chi connectivity index (χ1v) is 10.0. The van der Waals surface area contributed by atoms with E-state index in [-0.39, 0.29) is 30.0 Å². The number of hydrogen-bond acceptors (Lipinski definition) is 4. The molecule has 0 aromatic rings. The van der Waals surface area contributed by atoms with E-state index >= 15 is 0 Å². The average molecular weight is 368 g/mol. The second kappa shape index (κ2) is 9.20. The van der Waals surface area contributed by atoms with Gasteiger partial charge in [-0.25, -0.2) is 12.7 Å². The van der Waals surface area contributed by atoms with E-state index in [9.17, 15) is 13.2 Å². The van der Waals surface area contributed by atoms with Crippen LogP contribution < -0.4 is 5.32 Å². The van der Waals surface area contributed by atoms with Gasteiger partial charge in [-0.1, -0.05) is 13.3 Å². The first-order chi connectivity index (χ1) is 10.5. The van der Waals surface area contributed by atoms with E-state index in [0.717, 1.165) is 25.9 Å². The lowest BCUT2D eigenvalue weighted by atomic mass is 9.96. The van der Waals surface area contributed by atoms with Gasteiger partial charge in [-0.2, -0.15) is 0 Å². The summed E-state index contributed by atoms with van der Waals surface area (Å²) >= 11 is 0. The summed E-state index contributed by atoms with van der Waals surface area (Å²) in [6, 6.07) is 0.291. The molecule has 0 radical (unpaired) electrons. The van der Waals surface area contributed by atoms with Crippen LogP contribution in [0.3, 0.4) is 0 Å². The molecule has 8 heteroatoms. The number of halogens is 1. The summed E-state index contributed by atoms with van der Waals surface area (Å²) < 4.78 is 25.9. The molecule has 0 aliphatic carbocycles. The van der Waals surface area contributed by atoms with Crippen LogP contribution in [-0.2, 0) is 14.8 Å². The van der Waals surface area contributed by atoms with Crippen molar-refractivity contribution in [2.24, 2.45) is 5.92 Å². The molecule has 2 saturated heterocycles. The van der Waals surface area contributed by atoms with Crippen LogP contribution >= 0.6 is 12.4 Å². The standard InChI is InChI=1S/C15H29N3O3S.ClH/c1-3-4-11-22(20,21)18-9-6-13(7-10-18)15(19)17(2)14-5-8-16-12-14;/h13-14,16H,3-12H2,1-2H3;1H. The Morgan fingerprint density at radius 2 is 1.91 bits per heavy atom. The summed E-state index contributed by atoms with van der Waals surface area (Å²) in [5.74, 6) is 0.387. The number of hydrogen-bond donors (Lipinski definition) is 1. The third kappa shape index (κ3) is 5.31. The number of carbonyl (C=O) groups excluding carboxylic acids is 1. The summed E-state index contributed by atoms with van der Waals surface area (Å²) in [6.45, 7) is 4.80. The fourth-order valence-corrected chi connectivity index (χ4v) is 4.95. The van der Waals surface area contributed by atoms with E-state index < -0.39 is 10.0 Å². The largest absolute Gasteiger partial charge is 0.341 e. The molecule has 2 heterocycles. The average Bonchev–Trinajstić information content (AvgIpc) is 3.06. The number of carbonyl (C=O) groups is 1. The minimum absolute atomic E-state index is 0. The highest BCUT2D eigenvalue weighted by atomic mass is 35.5. The highest BCUT2D eigenvalue weighted by Crippen LogP contribution is 2.23. The maximum absolute atomic E-state index is 12.5. The molecule has 2 aliphatic rings. The second-order valence-electron chi connectivity index (χ2n) is 6.44. The lowest BCUT2D eigenvalue weighted by Crippen LogP contribution is -2.47. The lowest BCUT2D eigenvalue weighted by Gasteiger charge is -2.34. The molecule has 1 N–H and O–H groups in total. The SMILES string of the molecule is CCCCS(=O)(=O)N1CCC(C(=O)N(C)C2CCNC2)CC1.Cl. The Hall–Kier alpha value is -0.370. The first kappa shape index (κ1) is 20.7. The van der Waals surface area contributed by atoms with Gasteiger partial charge in [0.05, 0.1) is 5.75 Å². The number of piperidine rings is 1. The van der Waals surface area contributed by atoms with Gasteiger partial charge in [-0.05, 0) is 32.2 Å². The van der Waals surface area contributed by atoms with E-state index in [0.29, 0.717) is 38.4 Å². The van der Waals surface area contributed by atoms with Gasteiger partial charge in [0.1, 0.15) is 0 Å². The number of likely N-dealkylation sites (N-methyl/N-ethyl adjacent to an activating group) is 1. The van der Waals surface area contributed by atoms with Crippen LogP contribution in [0.15, 0.2) is 0 Å². The summed E-state index contributed by atoms with van der Waals surface area (Å²) in [5.41, 5.74) is 0. The van der Waals surface area contributed by atoms with Gasteiger partial charge >= 0.3 is 0 Å². The number of unbranched alkanes of at least 4 members (excludes halogenated alkanes) is 1. The molecule has 0 saturated carbocycles. The third-order valence-electron chi connectivity index (χ3n) is 4.88. The predicted octanol–water partition coefficient (Wildman–Crippen LogP) is 1.07. The molecule has 0 aromatic carbocycles. The molecule has 1 atom stereocenters. The van der Waals surface area contributed by atoms with Crippen molar-refractivity contribution in [1.82, 2.24) is 14.5 Å². The van der Waals surface area contributed by atoms with Crippen molar-refractivity contribution in [2.45, 2.75) is 45.1 Å². The van der Waals surface area contributed by atoms with Crippen molar-refractivity contribution < 1.29 is 13.2 Å². The quantitative estimate of drug-likeness (QED) is 0.762. The van der Waals surface area contributed by atoms with Gasteiger partial charge in [0.15, 0.2) is 0 Å². The van der Waals surface area contributed by atoms with Gasteiger partial charge in [0, 0.05) is 38.6 Å². The number of nitrogens with zero attached hydrogens (tertiary/aromatic N) is 2. The Kier molecular flexibility index (Phi) is 8.27. The van der Waals surface area contributed by atoms with E-state index in [1.807, 2.05) is 18.9 Å². The fourth-order valence-electron chi connectivity index (χ4n) is 3.27. The first-order valence-electron chi connectivity index (χ1n) is 8.41. The minimum Gasteiger partial charge on any atom is -0.341 e. The predicted molar refractivity (Wildman–Crippen MR) is 94.3 cm³/mol. The Morgan fingerprint density at radius 3 is 2.43 bits per heavy atom. The number of nitrogens with one attached hydrogen (secondary N) is 1. The molecule has 2 rings (SSSR count). The zero-order chi connectivity index (χ0) is 16.2. The zero-order valence-corrected chi connectivity index (χ0v) is 15.8. The summed E-state index contributed by atoms with van der Waals surface area (Å²) in [7, 11) is -1.25. The van der Waals surface area contributed by atoms with Crippen LogP contribution in [0, 0.1) is 5.92 Å². The van der Waals surface area contributed by atoms with Crippen LogP contribution in [0.4, 0.5) is 0 Å². The zero-order valence-electron chi connectivity index (χ0n) is 14.2. The van der Waals surface area contributed by atoms with Crippen molar-refractivity contribution in [3.63, 3.8) is 0 Å². The molecule has 6 nitrogen and oxygen atoms in total. The third-order valence-corrected chi connectivity index (χ3v) is 6.84. The van der Waals surface area contributed by atoms with Crippen molar-refractivity contribution in [1.29, 1.82) is 0 Å². The van der Waals surface area contributed by atoms with E-state index in [1.165, 1.54) is 0 Å². The number of amides is 1. The summed E-state index contributed by atoms with van der Waals surface area (Å²) in [5, 5.41) is 3.28. The molecule has 2 fully saturated rings.